The molecule has 2 N–H and O–H groups in total. The van der Waals surface area contributed by atoms with Crippen LogP contribution in [0.15, 0.2) is 45.9 Å². The van der Waals surface area contributed by atoms with Crippen LogP contribution in [0.3, 0.4) is 0 Å². The molecule has 9 heteroatoms. The normalized spacial score (nSPS) is 29.1. The summed E-state index contributed by atoms with van der Waals surface area (Å²) in [7, 11) is -2.77. The summed E-state index contributed by atoms with van der Waals surface area (Å²) in [5.41, 5.74) is 6.26. The summed E-state index contributed by atoms with van der Waals surface area (Å²) in [5.74, 6) is -0.492. The maximum atomic E-state index is 15.1. The molecule has 4 rings (SSSR count). The fourth-order valence-electron chi connectivity index (χ4n) is 4.39. The van der Waals surface area contributed by atoms with Gasteiger partial charge in [0.15, 0.2) is 5.78 Å². The van der Waals surface area contributed by atoms with E-state index in [4.69, 9.17) is 17.3 Å². The smallest absolute Gasteiger partial charge is 0.185 e. The van der Waals surface area contributed by atoms with Gasteiger partial charge in [0, 0.05) is 24.7 Å². The molecule has 0 bridgehead atoms. The zero-order valence-corrected chi connectivity index (χ0v) is 19.1. The molecule has 1 aromatic carbocycles. The number of pyridine rings is 1. The summed E-state index contributed by atoms with van der Waals surface area (Å²) >= 11 is 5.83. The second-order valence-corrected chi connectivity index (χ2v) is 12.1. The third kappa shape index (κ3) is 3.36. The summed E-state index contributed by atoms with van der Waals surface area (Å²) in [5, 5.41) is -0.0320. The number of Topliss-reactive ketones (excluding diaryl/α,β-unsaturated/α-hetero) is 1. The Morgan fingerprint density at radius 3 is 2.71 bits per heavy atom. The quantitative estimate of drug-likeness (QED) is 0.696. The summed E-state index contributed by atoms with van der Waals surface area (Å²) in [6.45, 7) is 5.73. The molecule has 0 unspecified atom stereocenters. The van der Waals surface area contributed by atoms with Crippen molar-refractivity contribution < 1.29 is 13.4 Å². The standard InChI is InChI=1S/C22H24ClFN4O2S/c1-21(2)20(25)28-22(3,19-8-9-27-31(19,21)30)15-10-13(4-6-16(15)24)11-18(29)17-7-5-14(23)12-26-17/h4-7,10,12,19H,8-9,11H2,1-3H3,(H2,25,28)/t19-,22+,31+/m0/s1. The molecule has 0 fully saturated rings. The maximum Gasteiger partial charge on any atom is 0.185 e. The van der Waals surface area contributed by atoms with E-state index in [0.29, 0.717) is 23.6 Å². The molecule has 0 aliphatic carbocycles. The SMILES string of the molecule is CC1(C)C(N)=N[C@](C)(c2cc(CC(=O)c3ccc(Cl)cn3)ccc2F)[C@@H]2CCN=[S@@]21=O. The highest BCUT2D eigenvalue weighted by Gasteiger charge is 2.56. The molecule has 0 spiro atoms. The first-order valence-corrected chi connectivity index (χ1v) is 12.0. The van der Waals surface area contributed by atoms with E-state index in [1.54, 1.807) is 45.0 Å². The van der Waals surface area contributed by atoms with Gasteiger partial charge in [-0.3, -0.25) is 14.8 Å². The van der Waals surface area contributed by atoms with E-state index in [-0.39, 0.29) is 29.3 Å². The molecule has 2 aliphatic heterocycles. The molecule has 0 saturated heterocycles. The number of carbonyl (C=O) groups is 1. The van der Waals surface area contributed by atoms with E-state index in [1.165, 1.54) is 12.3 Å². The molecule has 2 aromatic rings. The van der Waals surface area contributed by atoms with E-state index >= 15 is 4.39 Å². The van der Waals surface area contributed by atoms with Crippen LogP contribution in [0.25, 0.3) is 0 Å². The lowest BCUT2D eigenvalue weighted by Gasteiger charge is -2.44. The summed E-state index contributed by atoms with van der Waals surface area (Å²) in [6.07, 6.45) is 1.98. The zero-order valence-electron chi connectivity index (χ0n) is 17.6. The van der Waals surface area contributed by atoms with Crippen molar-refractivity contribution in [2.24, 2.45) is 15.1 Å². The van der Waals surface area contributed by atoms with Crippen molar-refractivity contribution in [3.63, 3.8) is 0 Å². The van der Waals surface area contributed by atoms with Crippen LogP contribution in [0.2, 0.25) is 5.02 Å². The average Bonchev–Trinajstić information content (AvgIpc) is 3.13. The lowest BCUT2D eigenvalue weighted by Crippen LogP contribution is -2.58. The highest BCUT2D eigenvalue weighted by atomic mass is 35.5. The molecule has 31 heavy (non-hydrogen) atoms. The minimum absolute atomic E-state index is 0.0348. The van der Waals surface area contributed by atoms with Crippen molar-refractivity contribution in [2.75, 3.05) is 6.54 Å². The van der Waals surface area contributed by atoms with Gasteiger partial charge in [-0.1, -0.05) is 17.7 Å². The molecule has 3 heterocycles. The Labute approximate surface area is 186 Å². The molecule has 0 saturated carbocycles. The van der Waals surface area contributed by atoms with E-state index < -0.39 is 31.1 Å². The fourth-order valence-corrected chi connectivity index (χ4v) is 7.67. The Morgan fingerprint density at radius 1 is 1.29 bits per heavy atom. The predicted octanol–water partition coefficient (Wildman–Crippen LogP) is 3.90. The fraction of sp³-hybridized carbons (Fsp3) is 0.409. The topological polar surface area (TPSA) is 97.8 Å². The van der Waals surface area contributed by atoms with Crippen LogP contribution in [0.4, 0.5) is 4.39 Å². The monoisotopic (exact) mass is 462 g/mol. The number of amidine groups is 1. The van der Waals surface area contributed by atoms with Crippen molar-refractivity contribution in [1.82, 2.24) is 4.98 Å². The van der Waals surface area contributed by atoms with Crippen LogP contribution in [0.5, 0.6) is 0 Å². The second-order valence-electron chi connectivity index (χ2n) is 8.63. The van der Waals surface area contributed by atoms with Crippen LogP contribution in [-0.2, 0) is 21.7 Å². The van der Waals surface area contributed by atoms with Crippen molar-refractivity contribution >= 4 is 32.9 Å². The Morgan fingerprint density at radius 2 is 2.03 bits per heavy atom. The summed E-state index contributed by atoms with van der Waals surface area (Å²) in [4.78, 5) is 21.4. The van der Waals surface area contributed by atoms with Gasteiger partial charge in [-0.15, -0.1) is 0 Å². The molecule has 2 aliphatic rings. The molecule has 0 radical (unpaired) electrons. The number of nitrogens with zero attached hydrogens (tertiary/aromatic N) is 3. The third-order valence-corrected chi connectivity index (χ3v) is 10.3. The lowest BCUT2D eigenvalue weighted by molar-refractivity contribution is 0.0988. The number of fused-ring (bicyclic) bond motifs is 1. The predicted molar refractivity (Wildman–Crippen MR) is 121 cm³/mol. The average molecular weight is 463 g/mol. The van der Waals surface area contributed by atoms with Crippen LogP contribution < -0.4 is 5.73 Å². The minimum Gasteiger partial charge on any atom is -0.386 e. The van der Waals surface area contributed by atoms with Crippen molar-refractivity contribution in [2.45, 2.75) is 49.1 Å². The van der Waals surface area contributed by atoms with Gasteiger partial charge in [0.05, 0.1) is 20.0 Å². The molecule has 6 nitrogen and oxygen atoms in total. The lowest BCUT2D eigenvalue weighted by atomic mass is 9.84. The number of aliphatic imine (C=N–C) groups is 1. The van der Waals surface area contributed by atoms with Crippen molar-refractivity contribution in [3.05, 3.63) is 64.2 Å². The number of ketones is 1. The van der Waals surface area contributed by atoms with Crippen LogP contribution >= 0.6 is 11.6 Å². The third-order valence-electron chi connectivity index (χ3n) is 6.34. The summed E-state index contributed by atoms with van der Waals surface area (Å²) < 4.78 is 32.5. The van der Waals surface area contributed by atoms with Gasteiger partial charge in [-0.2, -0.15) is 0 Å². The number of carbonyl (C=O) groups excluding carboxylic acids is 1. The second kappa shape index (κ2) is 7.38. The van der Waals surface area contributed by atoms with E-state index in [1.807, 2.05) is 0 Å². The first kappa shape index (κ1) is 21.9. The van der Waals surface area contributed by atoms with E-state index in [2.05, 4.69) is 14.3 Å². The van der Waals surface area contributed by atoms with Crippen molar-refractivity contribution in [3.8, 4) is 0 Å². The molecular formula is C22H24ClFN4O2S. The molecule has 0 amide bonds. The number of benzene rings is 1. The highest BCUT2D eigenvalue weighted by molar-refractivity contribution is 7.96. The molecular weight excluding hydrogens is 439 g/mol. The van der Waals surface area contributed by atoms with E-state index in [0.717, 1.165) is 0 Å². The molecule has 3 atom stereocenters. The van der Waals surface area contributed by atoms with Crippen LogP contribution in [-0.4, -0.2) is 37.4 Å². The Hall–Kier alpha value is -2.32. The minimum atomic E-state index is -2.77. The first-order chi connectivity index (χ1) is 14.5. The van der Waals surface area contributed by atoms with Gasteiger partial charge < -0.3 is 5.73 Å². The Kier molecular flexibility index (Phi) is 5.21. The van der Waals surface area contributed by atoms with Gasteiger partial charge in [-0.25, -0.2) is 13.0 Å². The maximum absolute atomic E-state index is 15.1. The number of hydrogen-bond donors (Lipinski definition) is 1. The highest BCUT2D eigenvalue weighted by Crippen LogP contribution is 2.47. The number of halogens is 2. The van der Waals surface area contributed by atoms with Gasteiger partial charge in [-0.05, 0) is 57.0 Å². The number of rotatable bonds is 4. The number of aromatic nitrogens is 1. The summed E-state index contributed by atoms with van der Waals surface area (Å²) in [6, 6.07) is 7.65. The van der Waals surface area contributed by atoms with Gasteiger partial charge in [0.1, 0.15) is 27.6 Å². The molecule has 164 valence electrons. The van der Waals surface area contributed by atoms with Crippen molar-refractivity contribution in [1.29, 1.82) is 0 Å². The number of nitrogens with two attached hydrogens (primary N) is 1. The Bertz CT molecular complexity index is 1220. The molecule has 1 aromatic heterocycles. The number of hydrogen-bond acceptors (Lipinski definition) is 6. The van der Waals surface area contributed by atoms with E-state index in [9.17, 15) is 9.00 Å². The van der Waals surface area contributed by atoms with Gasteiger partial charge in [0.2, 0.25) is 0 Å². The van der Waals surface area contributed by atoms with Gasteiger partial charge >= 0.3 is 0 Å². The first-order valence-electron chi connectivity index (χ1n) is 10.00. The Balaban J connectivity index is 1.76. The van der Waals surface area contributed by atoms with Crippen LogP contribution in [0, 0.1) is 5.82 Å². The zero-order chi connectivity index (χ0) is 22.6. The van der Waals surface area contributed by atoms with Gasteiger partial charge in [0.25, 0.3) is 0 Å². The largest absolute Gasteiger partial charge is 0.386 e. The van der Waals surface area contributed by atoms with Crippen LogP contribution in [0.1, 0.15) is 48.8 Å².